The van der Waals surface area contributed by atoms with E-state index in [2.05, 4.69) is 18.1 Å². The van der Waals surface area contributed by atoms with Gasteiger partial charge in [0.25, 0.3) is 0 Å². The Labute approximate surface area is 155 Å². The highest BCUT2D eigenvalue weighted by atomic mass is 31.3. The lowest BCUT2D eigenvalue weighted by molar-refractivity contribution is 0.0572. The van der Waals surface area contributed by atoms with Crippen molar-refractivity contribution in [2.75, 3.05) is 12.3 Å². The Kier molecular flexibility index (Phi) is 6.53. The fraction of sp³-hybridized carbons (Fsp3) is 0.333. The molecular formula is C9H14N3O13P3. The molecule has 28 heavy (non-hydrogen) atoms. The number of anilines is 1. The third kappa shape index (κ3) is 6.50. The molecule has 3 atom stereocenters. The molecule has 2 unspecified atom stereocenters. The van der Waals surface area contributed by atoms with Gasteiger partial charge in [-0.3, -0.25) is 9.09 Å². The number of nitrogen functional groups attached to an aromatic ring is 1. The van der Waals surface area contributed by atoms with E-state index in [1.807, 2.05) is 0 Å². The molecule has 19 heteroatoms. The largest absolute Gasteiger partial charge is 0.508 e. The SMILES string of the molecule is Nc1ccn([C@H]2CC(O)=C(COP(=O)(O)OP(=O)(O)OP(=O)(O)O)O2)c(=O)n1. The molecule has 2 heterocycles. The molecule has 0 amide bonds. The lowest BCUT2D eigenvalue weighted by Gasteiger charge is -2.17. The molecule has 1 aliphatic rings. The van der Waals surface area contributed by atoms with Crippen molar-refractivity contribution < 1.29 is 56.3 Å². The average molecular weight is 465 g/mol. The Balaban J connectivity index is 2.01. The van der Waals surface area contributed by atoms with Gasteiger partial charge in [-0.25, -0.2) is 18.5 Å². The molecule has 1 aromatic heterocycles. The maximum atomic E-state index is 11.7. The van der Waals surface area contributed by atoms with E-state index >= 15 is 0 Å². The molecule has 0 aliphatic carbocycles. The first-order valence-electron chi connectivity index (χ1n) is 6.88. The highest BCUT2D eigenvalue weighted by Gasteiger charge is 2.41. The number of ether oxygens (including phenoxy) is 1. The minimum atomic E-state index is -5.67. The lowest BCUT2D eigenvalue weighted by atomic mass is 10.3. The van der Waals surface area contributed by atoms with E-state index in [0.29, 0.717) is 0 Å². The van der Waals surface area contributed by atoms with Gasteiger partial charge in [-0.15, -0.1) is 0 Å². The smallest absolute Gasteiger partial charge is 0.490 e. The van der Waals surface area contributed by atoms with Crippen molar-refractivity contribution in [2.45, 2.75) is 12.6 Å². The highest BCUT2D eigenvalue weighted by molar-refractivity contribution is 7.66. The second-order valence-electron chi connectivity index (χ2n) is 5.05. The predicted molar refractivity (Wildman–Crippen MR) is 87.1 cm³/mol. The van der Waals surface area contributed by atoms with Gasteiger partial charge in [0.2, 0.25) is 0 Å². The van der Waals surface area contributed by atoms with Crippen LogP contribution in [0.5, 0.6) is 0 Å². The molecule has 0 aromatic carbocycles. The fourth-order valence-electron chi connectivity index (χ4n) is 1.91. The first-order chi connectivity index (χ1) is 12.7. The zero-order chi connectivity index (χ0) is 21.3. The first-order valence-corrected chi connectivity index (χ1v) is 11.4. The van der Waals surface area contributed by atoms with E-state index < -0.39 is 53.5 Å². The van der Waals surface area contributed by atoms with Crippen molar-refractivity contribution in [1.29, 1.82) is 0 Å². The van der Waals surface area contributed by atoms with Crippen LogP contribution in [0.15, 0.2) is 28.6 Å². The molecule has 0 bridgehead atoms. The average Bonchev–Trinajstić information content (AvgIpc) is 2.82. The van der Waals surface area contributed by atoms with E-state index in [9.17, 15) is 28.5 Å². The number of nitrogens with zero attached hydrogens (tertiary/aromatic N) is 2. The second-order valence-corrected chi connectivity index (χ2v) is 9.47. The summed E-state index contributed by atoms with van der Waals surface area (Å²) in [5, 5.41) is 9.82. The highest BCUT2D eigenvalue weighted by Crippen LogP contribution is 2.66. The summed E-state index contributed by atoms with van der Waals surface area (Å²) in [5.74, 6) is -0.952. The van der Waals surface area contributed by atoms with Crippen molar-refractivity contribution >= 4 is 29.3 Å². The van der Waals surface area contributed by atoms with Gasteiger partial charge in [-0.2, -0.15) is 13.6 Å². The van der Waals surface area contributed by atoms with Crippen LogP contribution in [0.1, 0.15) is 12.6 Å². The van der Waals surface area contributed by atoms with E-state index in [1.54, 1.807) is 0 Å². The van der Waals surface area contributed by atoms with Crippen molar-refractivity contribution in [1.82, 2.24) is 9.55 Å². The summed E-state index contributed by atoms with van der Waals surface area (Å²) in [4.78, 5) is 50.4. The lowest BCUT2D eigenvalue weighted by Crippen LogP contribution is -2.27. The molecule has 0 saturated carbocycles. The summed E-state index contributed by atoms with van der Waals surface area (Å²) in [6, 6.07) is 1.28. The van der Waals surface area contributed by atoms with Crippen LogP contribution in [-0.4, -0.2) is 40.8 Å². The number of nitrogens with two attached hydrogens (primary N) is 1. The molecule has 1 aliphatic heterocycles. The maximum Gasteiger partial charge on any atom is 0.490 e. The maximum absolute atomic E-state index is 11.7. The van der Waals surface area contributed by atoms with Crippen LogP contribution in [0.2, 0.25) is 0 Å². The van der Waals surface area contributed by atoms with Gasteiger partial charge in [0, 0.05) is 6.20 Å². The Morgan fingerprint density at radius 1 is 1.21 bits per heavy atom. The Bertz CT molecular complexity index is 983. The van der Waals surface area contributed by atoms with Gasteiger partial charge in [0.1, 0.15) is 18.2 Å². The molecule has 0 radical (unpaired) electrons. The van der Waals surface area contributed by atoms with Gasteiger partial charge >= 0.3 is 29.2 Å². The van der Waals surface area contributed by atoms with Crippen molar-refractivity contribution in [2.24, 2.45) is 0 Å². The van der Waals surface area contributed by atoms with Crippen LogP contribution in [0, 0.1) is 0 Å². The Hall–Kier alpha value is -1.57. The van der Waals surface area contributed by atoms with Gasteiger partial charge in [0.15, 0.2) is 12.0 Å². The monoisotopic (exact) mass is 465 g/mol. The first kappa shape index (κ1) is 22.7. The summed E-state index contributed by atoms with van der Waals surface area (Å²) in [6.45, 7) is -0.969. The summed E-state index contributed by atoms with van der Waals surface area (Å²) in [7, 11) is -16.6. The molecule has 158 valence electrons. The van der Waals surface area contributed by atoms with Crippen molar-refractivity contribution in [3.63, 3.8) is 0 Å². The summed E-state index contributed by atoms with van der Waals surface area (Å²) in [5.41, 5.74) is 4.55. The normalized spacial score (nSPS) is 21.8. The Morgan fingerprint density at radius 2 is 1.86 bits per heavy atom. The van der Waals surface area contributed by atoms with E-state index in [4.69, 9.17) is 25.2 Å². The Morgan fingerprint density at radius 3 is 2.43 bits per heavy atom. The van der Waals surface area contributed by atoms with Crippen molar-refractivity contribution in [3.8, 4) is 0 Å². The van der Waals surface area contributed by atoms with Crippen LogP contribution in [-0.2, 0) is 31.6 Å². The van der Waals surface area contributed by atoms with Gasteiger partial charge in [0.05, 0.1) is 6.42 Å². The number of hydrogen-bond donors (Lipinski definition) is 6. The summed E-state index contributed by atoms with van der Waals surface area (Å²) in [6.07, 6.45) is -0.103. The van der Waals surface area contributed by atoms with Crippen LogP contribution in [0.25, 0.3) is 0 Å². The minimum Gasteiger partial charge on any atom is -0.508 e. The minimum absolute atomic E-state index is 0.0516. The van der Waals surface area contributed by atoms with Gasteiger partial charge in [-0.05, 0) is 6.07 Å². The second kappa shape index (κ2) is 8.05. The molecule has 2 rings (SSSR count). The standard InChI is InChI=1S/C9H14N3O13P3/c10-7-1-2-12(9(14)11-7)8-3-5(13)6(23-8)4-22-27(18,19)25-28(20,21)24-26(15,16)17/h1-2,8,13H,3-4H2,(H,18,19)(H,20,21)(H2,10,11,14)(H2,15,16,17)/t8-/m1/s1. The third-order valence-corrected chi connectivity index (χ3v) is 6.69. The predicted octanol–water partition coefficient (Wildman–Crippen LogP) is -0.143. The molecule has 16 nitrogen and oxygen atoms in total. The molecule has 0 fully saturated rings. The van der Waals surface area contributed by atoms with Crippen LogP contribution in [0.4, 0.5) is 5.82 Å². The molecule has 0 spiro atoms. The number of aromatic nitrogens is 2. The zero-order valence-electron chi connectivity index (χ0n) is 13.5. The van der Waals surface area contributed by atoms with E-state index in [-0.39, 0.29) is 12.2 Å². The third-order valence-electron chi connectivity index (χ3n) is 2.90. The number of phosphoric acid groups is 3. The van der Waals surface area contributed by atoms with Crippen LogP contribution in [0.3, 0.4) is 0 Å². The number of rotatable bonds is 8. The van der Waals surface area contributed by atoms with Crippen LogP contribution >= 0.6 is 23.5 Å². The molecular weight excluding hydrogens is 451 g/mol. The fourth-order valence-corrected chi connectivity index (χ4v) is 4.89. The van der Waals surface area contributed by atoms with Crippen molar-refractivity contribution in [3.05, 3.63) is 34.3 Å². The molecule has 7 N–H and O–H groups in total. The summed E-state index contributed by atoms with van der Waals surface area (Å²) < 4.78 is 50.9. The number of phosphoric ester groups is 1. The van der Waals surface area contributed by atoms with Crippen LogP contribution < -0.4 is 11.4 Å². The molecule has 1 aromatic rings. The van der Waals surface area contributed by atoms with Gasteiger partial charge in [-0.1, -0.05) is 0 Å². The van der Waals surface area contributed by atoms with Gasteiger partial charge < -0.3 is 35.2 Å². The quantitative estimate of drug-likeness (QED) is 0.273. The topological polar surface area (TPSA) is 250 Å². The number of aliphatic hydroxyl groups is 1. The zero-order valence-corrected chi connectivity index (χ0v) is 16.1. The number of hydrogen-bond acceptors (Lipinski definition) is 11. The number of aliphatic hydroxyl groups excluding tert-OH is 1. The van der Waals surface area contributed by atoms with E-state index in [1.165, 1.54) is 12.3 Å². The summed E-state index contributed by atoms with van der Waals surface area (Å²) >= 11 is 0. The van der Waals surface area contributed by atoms with E-state index in [0.717, 1.165) is 4.57 Å². The molecule has 0 saturated heterocycles.